The average Bonchev–Trinajstić information content (AvgIpc) is 2.83. The molecule has 2 aromatic heterocycles. The fourth-order valence-electron chi connectivity index (χ4n) is 2.23. The summed E-state index contributed by atoms with van der Waals surface area (Å²) >= 11 is 1.99. The number of fused-ring (bicyclic) bond motifs is 1. The zero-order chi connectivity index (χ0) is 11.7. The van der Waals surface area contributed by atoms with Gasteiger partial charge in [-0.3, -0.25) is 4.40 Å². The van der Waals surface area contributed by atoms with Crippen LogP contribution in [0.25, 0.3) is 5.65 Å². The second-order valence-electron chi connectivity index (χ2n) is 4.18. The first-order valence-electron chi connectivity index (χ1n) is 5.89. The van der Waals surface area contributed by atoms with Crippen LogP contribution in [0.1, 0.15) is 30.3 Å². The van der Waals surface area contributed by atoms with E-state index in [9.17, 15) is 0 Å². The van der Waals surface area contributed by atoms with Gasteiger partial charge < -0.3 is 4.74 Å². The number of pyridine rings is 1. The maximum atomic E-state index is 5.30. The molecule has 5 heteroatoms. The molecule has 0 spiro atoms. The molecule has 4 nitrogen and oxygen atoms in total. The van der Waals surface area contributed by atoms with Gasteiger partial charge in [0.25, 0.3) is 0 Å². The Morgan fingerprint density at radius 1 is 1.41 bits per heavy atom. The van der Waals surface area contributed by atoms with E-state index in [2.05, 4.69) is 14.6 Å². The van der Waals surface area contributed by atoms with Crippen LogP contribution in [0.2, 0.25) is 0 Å². The minimum Gasteiger partial charge on any atom is -0.493 e. The quantitative estimate of drug-likeness (QED) is 0.820. The monoisotopic (exact) mass is 249 g/mol. The highest BCUT2D eigenvalue weighted by Crippen LogP contribution is 2.37. The fraction of sp³-hybridized carbons (Fsp3) is 0.500. The maximum absolute atomic E-state index is 5.30. The molecule has 1 atom stereocenters. The Kier molecular flexibility index (Phi) is 2.93. The molecular weight excluding hydrogens is 234 g/mol. The summed E-state index contributed by atoms with van der Waals surface area (Å²) in [6.07, 6.45) is 5.82. The van der Waals surface area contributed by atoms with E-state index in [0.29, 0.717) is 5.25 Å². The van der Waals surface area contributed by atoms with Gasteiger partial charge in [0.15, 0.2) is 11.6 Å². The van der Waals surface area contributed by atoms with Crippen LogP contribution in [-0.4, -0.2) is 27.5 Å². The van der Waals surface area contributed by atoms with Gasteiger partial charge in [-0.05, 0) is 30.7 Å². The molecule has 0 aliphatic carbocycles. The molecule has 3 heterocycles. The minimum absolute atomic E-state index is 0.478. The SMILES string of the molecule is COc1cccn2c(C3CCCCS3)nnc12. The van der Waals surface area contributed by atoms with E-state index < -0.39 is 0 Å². The van der Waals surface area contributed by atoms with Crippen molar-refractivity contribution in [3.05, 3.63) is 24.2 Å². The van der Waals surface area contributed by atoms with E-state index in [1.165, 1.54) is 25.0 Å². The van der Waals surface area contributed by atoms with Crippen LogP contribution in [0.3, 0.4) is 0 Å². The summed E-state index contributed by atoms with van der Waals surface area (Å²) in [5, 5.41) is 9.06. The first kappa shape index (κ1) is 10.9. The van der Waals surface area contributed by atoms with Gasteiger partial charge in [-0.1, -0.05) is 6.42 Å². The fourth-order valence-corrected chi connectivity index (χ4v) is 3.53. The molecular formula is C12H15N3OS. The second-order valence-corrected chi connectivity index (χ2v) is 5.49. The normalized spacial score (nSPS) is 20.6. The Morgan fingerprint density at radius 2 is 2.35 bits per heavy atom. The van der Waals surface area contributed by atoms with Crippen LogP contribution in [0, 0.1) is 0 Å². The number of nitrogens with zero attached hydrogens (tertiary/aromatic N) is 3. The van der Waals surface area contributed by atoms with Gasteiger partial charge in [-0.25, -0.2) is 0 Å². The largest absolute Gasteiger partial charge is 0.493 e. The number of methoxy groups -OCH3 is 1. The summed E-state index contributed by atoms with van der Waals surface area (Å²) in [6.45, 7) is 0. The van der Waals surface area contributed by atoms with Crippen LogP contribution in [0.4, 0.5) is 0 Å². The molecule has 0 amide bonds. The van der Waals surface area contributed by atoms with E-state index in [1.807, 2.05) is 30.1 Å². The highest BCUT2D eigenvalue weighted by molar-refractivity contribution is 7.99. The van der Waals surface area contributed by atoms with Crippen molar-refractivity contribution in [2.24, 2.45) is 0 Å². The lowest BCUT2D eigenvalue weighted by Gasteiger charge is -2.19. The lowest BCUT2D eigenvalue weighted by Crippen LogP contribution is -2.06. The number of hydrogen-bond donors (Lipinski definition) is 0. The molecule has 0 radical (unpaired) electrons. The molecule has 1 aliphatic rings. The molecule has 1 aliphatic heterocycles. The van der Waals surface area contributed by atoms with Crippen molar-refractivity contribution in [2.75, 3.05) is 12.9 Å². The van der Waals surface area contributed by atoms with Gasteiger partial charge in [-0.2, -0.15) is 11.8 Å². The highest BCUT2D eigenvalue weighted by atomic mass is 32.2. The lowest BCUT2D eigenvalue weighted by atomic mass is 10.2. The maximum Gasteiger partial charge on any atom is 0.203 e. The third kappa shape index (κ3) is 1.88. The number of rotatable bonds is 2. The van der Waals surface area contributed by atoms with Gasteiger partial charge in [0.2, 0.25) is 5.65 Å². The summed E-state index contributed by atoms with van der Waals surface area (Å²) in [5.74, 6) is 3.07. The number of aromatic nitrogens is 3. The molecule has 0 saturated carbocycles. The third-order valence-corrected chi connectivity index (χ3v) is 4.49. The molecule has 2 aromatic rings. The molecule has 0 aromatic carbocycles. The van der Waals surface area contributed by atoms with Crippen LogP contribution < -0.4 is 4.74 Å². The first-order valence-corrected chi connectivity index (χ1v) is 6.94. The summed E-state index contributed by atoms with van der Waals surface area (Å²) < 4.78 is 7.36. The van der Waals surface area contributed by atoms with E-state index in [1.54, 1.807) is 7.11 Å². The van der Waals surface area contributed by atoms with Crippen LogP contribution in [0.5, 0.6) is 5.75 Å². The van der Waals surface area contributed by atoms with E-state index >= 15 is 0 Å². The lowest BCUT2D eigenvalue weighted by molar-refractivity contribution is 0.416. The van der Waals surface area contributed by atoms with Crippen molar-refractivity contribution in [3.63, 3.8) is 0 Å². The molecule has 1 fully saturated rings. The molecule has 1 saturated heterocycles. The number of ether oxygens (including phenoxy) is 1. The average molecular weight is 249 g/mol. The Balaban J connectivity index is 2.05. The van der Waals surface area contributed by atoms with Crippen molar-refractivity contribution >= 4 is 17.4 Å². The summed E-state index contributed by atoms with van der Waals surface area (Å²) in [5.41, 5.74) is 0.816. The Morgan fingerprint density at radius 3 is 3.12 bits per heavy atom. The Hall–Kier alpha value is -1.23. The molecule has 1 unspecified atom stereocenters. The molecule has 0 bridgehead atoms. The van der Waals surface area contributed by atoms with Crippen molar-refractivity contribution in [2.45, 2.75) is 24.5 Å². The predicted octanol–water partition coefficient (Wildman–Crippen LogP) is 2.70. The van der Waals surface area contributed by atoms with E-state index in [4.69, 9.17) is 4.74 Å². The van der Waals surface area contributed by atoms with Gasteiger partial charge >= 0.3 is 0 Å². The van der Waals surface area contributed by atoms with E-state index in [0.717, 1.165) is 17.2 Å². The smallest absolute Gasteiger partial charge is 0.203 e. The number of hydrogen-bond acceptors (Lipinski definition) is 4. The predicted molar refractivity (Wildman–Crippen MR) is 68.6 cm³/mol. The van der Waals surface area contributed by atoms with Gasteiger partial charge in [0, 0.05) is 6.20 Å². The van der Waals surface area contributed by atoms with Crippen molar-refractivity contribution in [3.8, 4) is 5.75 Å². The zero-order valence-corrected chi connectivity index (χ0v) is 10.6. The van der Waals surface area contributed by atoms with Crippen molar-refractivity contribution in [1.29, 1.82) is 0 Å². The summed E-state index contributed by atoms with van der Waals surface area (Å²) in [6, 6.07) is 3.90. The first-order chi connectivity index (χ1) is 8.40. The highest BCUT2D eigenvalue weighted by Gasteiger charge is 2.22. The van der Waals surface area contributed by atoms with Crippen molar-refractivity contribution in [1.82, 2.24) is 14.6 Å². The molecule has 0 N–H and O–H groups in total. The Labute approximate surface area is 104 Å². The minimum atomic E-state index is 0.478. The molecule has 3 rings (SSSR count). The van der Waals surface area contributed by atoms with Crippen LogP contribution in [0.15, 0.2) is 18.3 Å². The summed E-state index contributed by atoms with van der Waals surface area (Å²) in [7, 11) is 1.67. The molecule has 17 heavy (non-hydrogen) atoms. The van der Waals surface area contributed by atoms with Crippen LogP contribution >= 0.6 is 11.8 Å². The Bertz CT molecular complexity index is 519. The van der Waals surface area contributed by atoms with Gasteiger partial charge in [0.1, 0.15) is 0 Å². The van der Waals surface area contributed by atoms with Gasteiger partial charge in [-0.15, -0.1) is 10.2 Å². The number of thioether (sulfide) groups is 1. The van der Waals surface area contributed by atoms with Crippen LogP contribution in [-0.2, 0) is 0 Å². The molecule has 90 valence electrons. The van der Waals surface area contributed by atoms with Crippen molar-refractivity contribution < 1.29 is 4.74 Å². The van der Waals surface area contributed by atoms with E-state index in [-0.39, 0.29) is 0 Å². The third-order valence-electron chi connectivity index (χ3n) is 3.11. The topological polar surface area (TPSA) is 39.4 Å². The standard InChI is InChI=1S/C12H15N3OS/c1-16-9-5-4-7-15-11(9)13-14-12(15)10-6-2-3-8-17-10/h4-5,7,10H,2-3,6,8H2,1H3. The summed E-state index contributed by atoms with van der Waals surface area (Å²) in [4.78, 5) is 0. The zero-order valence-electron chi connectivity index (χ0n) is 9.80. The second kappa shape index (κ2) is 4.56. The van der Waals surface area contributed by atoms with Gasteiger partial charge in [0.05, 0.1) is 12.4 Å².